The summed E-state index contributed by atoms with van der Waals surface area (Å²) in [5, 5.41) is 0. The highest BCUT2D eigenvalue weighted by atomic mass is 14.5. The molecule has 0 saturated heterocycles. The van der Waals surface area contributed by atoms with Gasteiger partial charge in [-0.15, -0.1) is 0 Å². The first-order chi connectivity index (χ1) is 5.41. The molecule has 0 radical (unpaired) electrons. The SMILES string of the molecule is CCCC=CC=CC=CCN. The summed E-state index contributed by atoms with van der Waals surface area (Å²) in [6.45, 7) is 2.78. The van der Waals surface area contributed by atoms with E-state index in [-0.39, 0.29) is 0 Å². The van der Waals surface area contributed by atoms with Gasteiger partial charge in [0.05, 0.1) is 0 Å². The molecule has 1 heteroatoms. The lowest BCUT2D eigenvalue weighted by Gasteiger charge is -1.79. The van der Waals surface area contributed by atoms with E-state index in [1.807, 2.05) is 24.3 Å². The summed E-state index contributed by atoms with van der Waals surface area (Å²) in [6.07, 6.45) is 14.5. The minimum atomic E-state index is 0.614. The van der Waals surface area contributed by atoms with Gasteiger partial charge in [0.15, 0.2) is 0 Å². The minimum absolute atomic E-state index is 0.614. The molecule has 0 aliphatic rings. The quantitative estimate of drug-likeness (QED) is 0.600. The molecular formula is C10H17N. The summed E-state index contributed by atoms with van der Waals surface area (Å²) in [5.74, 6) is 0. The molecule has 1 nitrogen and oxygen atoms in total. The largest absolute Gasteiger partial charge is 0.327 e. The molecule has 0 aliphatic heterocycles. The Bertz CT molecular complexity index is 143. The van der Waals surface area contributed by atoms with Crippen molar-refractivity contribution in [2.75, 3.05) is 6.54 Å². The van der Waals surface area contributed by atoms with Crippen LogP contribution in [0.15, 0.2) is 36.5 Å². The number of nitrogens with two attached hydrogens (primary N) is 1. The van der Waals surface area contributed by atoms with Gasteiger partial charge in [-0.1, -0.05) is 49.8 Å². The van der Waals surface area contributed by atoms with Crippen LogP contribution < -0.4 is 5.73 Å². The molecule has 0 bridgehead atoms. The van der Waals surface area contributed by atoms with Crippen LogP contribution in [0.25, 0.3) is 0 Å². The van der Waals surface area contributed by atoms with Crippen molar-refractivity contribution in [3.63, 3.8) is 0 Å². The van der Waals surface area contributed by atoms with Gasteiger partial charge in [-0.2, -0.15) is 0 Å². The molecule has 0 rings (SSSR count). The Labute approximate surface area is 69.3 Å². The fourth-order valence-electron chi connectivity index (χ4n) is 0.627. The summed E-state index contributed by atoms with van der Waals surface area (Å²) < 4.78 is 0. The third-order valence-electron chi connectivity index (χ3n) is 1.20. The first-order valence-corrected chi connectivity index (χ1v) is 4.10. The van der Waals surface area contributed by atoms with Crippen LogP contribution in [-0.4, -0.2) is 6.54 Å². The van der Waals surface area contributed by atoms with Crippen LogP contribution in [0.5, 0.6) is 0 Å². The van der Waals surface area contributed by atoms with Crippen LogP contribution in [0.2, 0.25) is 0 Å². The highest BCUT2D eigenvalue weighted by Crippen LogP contribution is 1.88. The average Bonchev–Trinajstić information content (AvgIpc) is 2.03. The molecule has 0 aromatic rings. The van der Waals surface area contributed by atoms with E-state index in [2.05, 4.69) is 19.1 Å². The smallest absolute Gasteiger partial charge is 0.0109 e. The lowest BCUT2D eigenvalue weighted by Crippen LogP contribution is -1.91. The molecule has 62 valence electrons. The fraction of sp³-hybridized carbons (Fsp3) is 0.400. The molecule has 0 unspecified atom stereocenters. The Hall–Kier alpha value is -0.820. The van der Waals surface area contributed by atoms with E-state index < -0.39 is 0 Å². The highest BCUT2D eigenvalue weighted by Gasteiger charge is 1.68. The lowest BCUT2D eigenvalue weighted by molar-refractivity contribution is 0.959. The summed E-state index contributed by atoms with van der Waals surface area (Å²) in [4.78, 5) is 0. The second-order valence-electron chi connectivity index (χ2n) is 2.27. The van der Waals surface area contributed by atoms with Gasteiger partial charge in [-0.3, -0.25) is 0 Å². The summed E-state index contributed by atoms with van der Waals surface area (Å²) in [7, 11) is 0. The van der Waals surface area contributed by atoms with Crippen LogP contribution in [0, 0.1) is 0 Å². The molecule has 0 saturated carbocycles. The predicted octanol–water partition coefficient (Wildman–Crippen LogP) is 2.41. The zero-order valence-electron chi connectivity index (χ0n) is 7.16. The molecule has 0 aliphatic carbocycles. The van der Waals surface area contributed by atoms with Crippen LogP contribution in [-0.2, 0) is 0 Å². The van der Waals surface area contributed by atoms with Gasteiger partial charge < -0.3 is 5.73 Å². The molecule has 0 aromatic carbocycles. The average molecular weight is 151 g/mol. The molecule has 0 spiro atoms. The first kappa shape index (κ1) is 10.2. The molecule has 0 aromatic heterocycles. The maximum absolute atomic E-state index is 5.25. The molecule has 0 atom stereocenters. The maximum atomic E-state index is 5.25. The van der Waals surface area contributed by atoms with E-state index in [9.17, 15) is 0 Å². The number of rotatable bonds is 5. The minimum Gasteiger partial charge on any atom is -0.327 e. The van der Waals surface area contributed by atoms with Crippen molar-refractivity contribution in [2.24, 2.45) is 5.73 Å². The molecule has 0 heterocycles. The topological polar surface area (TPSA) is 26.0 Å². The number of hydrogen-bond acceptors (Lipinski definition) is 1. The van der Waals surface area contributed by atoms with E-state index in [1.165, 1.54) is 6.42 Å². The molecule has 0 fully saturated rings. The maximum Gasteiger partial charge on any atom is 0.0109 e. The third kappa shape index (κ3) is 9.18. The van der Waals surface area contributed by atoms with Crippen LogP contribution in [0.3, 0.4) is 0 Å². The number of hydrogen-bond donors (Lipinski definition) is 1. The van der Waals surface area contributed by atoms with E-state index in [4.69, 9.17) is 5.73 Å². The van der Waals surface area contributed by atoms with E-state index in [1.54, 1.807) is 0 Å². The zero-order valence-corrected chi connectivity index (χ0v) is 7.16. The Morgan fingerprint density at radius 1 is 1.00 bits per heavy atom. The van der Waals surface area contributed by atoms with Crippen molar-refractivity contribution in [2.45, 2.75) is 19.8 Å². The van der Waals surface area contributed by atoms with Gasteiger partial charge >= 0.3 is 0 Å². The summed E-state index contributed by atoms with van der Waals surface area (Å²) in [5.41, 5.74) is 5.25. The summed E-state index contributed by atoms with van der Waals surface area (Å²) in [6, 6.07) is 0. The summed E-state index contributed by atoms with van der Waals surface area (Å²) >= 11 is 0. The van der Waals surface area contributed by atoms with E-state index in [0.29, 0.717) is 6.54 Å². The van der Waals surface area contributed by atoms with Crippen LogP contribution in [0.1, 0.15) is 19.8 Å². The van der Waals surface area contributed by atoms with Crippen molar-refractivity contribution < 1.29 is 0 Å². The van der Waals surface area contributed by atoms with Crippen molar-refractivity contribution >= 4 is 0 Å². The monoisotopic (exact) mass is 151 g/mol. The molecule has 0 amide bonds. The first-order valence-electron chi connectivity index (χ1n) is 4.10. The van der Waals surface area contributed by atoms with Crippen molar-refractivity contribution in [3.05, 3.63) is 36.5 Å². The molecule has 11 heavy (non-hydrogen) atoms. The number of allylic oxidation sites excluding steroid dienone is 5. The Morgan fingerprint density at radius 3 is 2.18 bits per heavy atom. The standard InChI is InChI=1S/C10H17N/c1-2-3-4-5-6-7-8-9-10-11/h4-9H,2-3,10-11H2,1H3. The van der Waals surface area contributed by atoms with Crippen LogP contribution in [0.4, 0.5) is 0 Å². The van der Waals surface area contributed by atoms with Gasteiger partial charge in [0, 0.05) is 6.54 Å². The van der Waals surface area contributed by atoms with Gasteiger partial charge in [0.25, 0.3) is 0 Å². The Balaban J connectivity index is 3.35. The normalized spacial score (nSPS) is 12.5. The zero-order chi connectivity index (χ0) is 8.36. The second-order valence-corrected chi connectivity index (χ2v) is 2.27. The number of unbranched alkanes of at least 4 members (excludes halogenated alkanes) is 1. The molecule has 2 N–H and O–H groups in total. The van der Waals surface area contributed by atoms with E-state index >= 15 is 0 Å². The lowest BCUT2D eigenvalue weighted by atomic mass is 10.3. The van der Waals surface area contributed by atoms with Gasteiger partial charge in [0.2, 0.25) is 0 Å². The van der Waals surface area contributed by atoms with Gasteiger partial charge in [-0.25, -0.2) is 0 Å². The van der Waals surface area contributed by atoms with Gasteiger partial charge in [-0.05, 0) is 6.42 Å². The van der Waals surface area contributed by atoms with Crippen molar-refractivity contribution in [1.82, 2.24) is 0 Å². The molecular weight excluding hydrogens is 134 g/mol. The van der Waals surface area contributed by atoms with Gasteiger partial charge in [0.1, 0.15) is 0 Å². The second kappa shape index (κ2) is 9.18. The van der Waals surface area contributed by atoms with E-state index in [0.717, 1.165) is 6.42 Å². The van der Waals surface area contributed by atoms with Crippen molar-refractivity contribution in [1.29, 1.82) is 0 Å². The highest BCUT2D eigenvalue weighted by molar-refractivity contribution is 5.11. The Kier molecular flexibility index (Phi) is 8.50. The third-order valence-corrected chi connectivity index (χ3v) is 1.20. The Morgan fingerprint density at radius 2 is 1.64 bits per heavy atom. The predicted molar refractivity (Wildman–Crippen MR) is 51.4 cm³/mol. The fourth-order valence-corrected chi connectivity index (χ4v) is 0.627. The van der Waals surface area contributed by atoms with Crippen LogP contribution >= 0.6 is 0 Å². The van der Waals surface area contributed by atoms with Crippen molar-refractivity contribution in [3.8, 4) is 0 Å².